The van der Waals surface area contributed by atoms with Crippen LogP contribution in [0.25, 0.3) is 0 Å². The van der Waals surface area contributed by atoms with Gasteiger partial charge in [-0.15, -0.1) is 0 Å². The molecule has 0 aliphatic heterocycles. The van der Waals surface area contributed by atoms with Crippen molar-refractivity contribution in [3.8, 4) is 5.75 Å². The minimum atomic E-state index is -2.85. The summed E-state index contributed by atoms with van der Waals surface area (Å²) >= 11 is 0. The van der Waals surface area contributed by atoms with Crippen LogP contribution in [0.3, 0.4) is 0 Å². The number of esters is 1. The Labute approximate surface area is 263 Å². The molecule has 1 unspecified atom stereocenters. The molecule has 250 valence electrons. The Kier molecular flexibility index (Phi) is 19.8. The summed E-state index contributed by atoms with van der Waals surface area (Å²) < 4.78 is 44.0. The fourth-order valence-corrected chi connectivity index (χ4v) is 5.73. The van der Waals surface area contributed by atoms with Crippen molar-refractivity contribution in [1.29, 1.82) is 0 Å². The summed E-state index contributed by atoms with van der Waals surface area (Å²) in [6.45, 7) is 16.3. The normalized spacial score (nSPS) is 13.0. The second-order valence-corrected chi connectivity index (χ2v) is 15.0. The molecule has 0 fully saturated rings. The lowest BCUT2D eigenvalue weighted by atomic mass is 9.77. The lowest BCUT2D eigenvalue weighted by Gasteiger charge is -2.31. The van der Waals surface area contributed by atoms with Gasteiger partial charge in [0.25, 0.3) is 0 Å². The van der Waals surface area contributed by atoms with Crippen LogP contribution in [-0.4, -0.2) is 12.6 Å². The van der Waals surface area contributed by atoms with Crippen LogP contribution in [-0.2, 0) is 29.8 Å². The van der Waals surface area contributed by atoms with Crippen LogP contribution in [0.15, 0.2) is 12.1 Å². The van der Waals surface area contributed by atoms with E-state index in [9.17, 15) is 13.8 Å². The lowest BCUT2D eigenvalue weighted by Crippen LogP contribution is -2.22. The first kappa shape index (κ1) is 39.7. The number of unbranched alkanes of at least 4 members (excludes halogenated alkanes) is 15. The van der Waals surface area contributed by atoms with Gasteiger partial charge in [-0.25, -0.2) is 0 Å². The molecular formula is C35H61F2O5P. The molecule has 0 amide bonds. The fraction of sp³-hybridized carbons (Fsp3) is 0.800. The molecule has 0 N–H and O–H groups in total. The Morgan fingerprint density at radius 1 is 0.698 bits per heavy atom. The molecule has 0 heterocycles. The predicted octanol–water partition coefficient (Wildman–Crippen LogP) is 12.6. The molecular weight excluding hydrogens is 569 g/mol. The van der Waals surface area contributed by atoms with Crippen molar-refractivity contribution in [3.63, 3.8) is 0 Å². The number of hydrogen-bond acceptors (Lipinski definition) is 5. The highest BCUT2D eigenvalue weighted by molar-refractivity contribution is 7.41. The van der Waals surface area contributed by atoms with E-state index < -0.39 is 25.4 Å². The number of hydrogen-bond donors (Lipinski definition) is 0. The SMILES string of the molecule is CCCCCCCCCCCCCCCCCCOC(=O)C(C)c1cc(C(C)(C)C)c(OP(OF)OF)c(C(C)(C)C)c1. The van der Waals surface area contributed by atoms with Crippen molar-refractivity contribution in [1.82, 2.24) is 0 Å². The summed E-state index contributed by atoms with van der Waals surface area (Å²) in [4.78, 5) is 13.0. The Bertz CT molecular complexity index is 858. The van der Waals surface area contributed by atoms with Crippen molar-refractivity contribution >= 4 is 14.6 Å². The minimum Gasteiger partial charge on any atom is -0.465 e. The third-order valence-electron chi connectivity index (χ3n) is 8.10. The van der Waals surface area contributed by atoms with Crippen molar-refractivity contribution in [2.75, 3.05) is 6.61 Å². The maximum atomic E-state index is 13.0. The van der Waals surface area contributed by atoms with Gasteiger partial charge in [0.05, 0.1) is 12.5 Å². The Hall–Kier alpha value is -1.30. The molecule has 1 rings (SSSR count). The standard InChI is InChI=1S/C35H61F2O5P/c1-9-10-11-12-13-14-15-16-17-18-19-20-21-22-23-24-25-39-33(38)28(2)29-26-30(34(3,4)5)32(40-43(41-36)42-37)31(27-29)35(6,7)8/h26-28H,9-25H2,1-8H3. The molecule has 8 heteroatoms. The molecule has 0 spiro atoms. The summed E-state index contributed by atoms with van der Waals surface area (Å²) in [5.74, 6) is -0.483. The topological polar surface area (TPSA) is 54.0 Å². The van der Waals surface area contributed by atoms with Gasteiger partial charge >= 0.3 is 14.6 Å². The van der Waals surface area contributed by atoms with Gasteiger partial charge in [-0.2, -0.15) is 0 Å². The Balaban J connectivity index is 2.49. The quantitative estimate of drug-likeness (QED) is 0.0684. The molecule has 0 radical (unpaired) electrons. The zero-order valence-electron chi connectivity index (χ0n) is 28.5. The number of benzene rings is 1. The van der Waals surface area contributed by atoms with Gasteiger partial charge in [0, 0.05) is 11.1 Å². The van der Waals surface area contributed by atoms with E-state index in [1.807, 2.05) is 60.6 Å². The first-order valence-electron chi connectivity index (χ1n) is 16.8. The van der Waals surface area contributed by atoms with Gasteiger partial charge in [-0.05, 0) is 38.8 Å². The maximum absolute atomic E-state index is 13.0. The zero-order chi connectivity index (χ0) is 32.3. The minimum absolute atomic E-state index is 0.282. The molecule has 1 aromatic rings. The monoisotopic (exact) mass is 630 g/mol. The highest BCUT2D eigenvalue weighted by atomic mass is 31.2. The summed E-state index contributed by atoms with van der Waals surface area (Å²) in [5, 5.41) is 0. The summed E-state index contributed by atoms with van der Waals surface area (Å²) in [6.07, 6.45) is 20.8. The second kappa shape index (κ2) is 21.4. The van der Waals surface area contributed by atoms with Crippen LogP contribution in [0.1, 0.15) is 181 Å². The third kappa shape index (κ3) is 16.0. The molecule has 0 aromatic heterocycles. The van der Waals surface area contributed by atoms with Crippen LogP contribution < -0.4 is 4.52 Å². The average Bonchev–Trinajstić information content (AvgIpc) is 2.95. The van der Waals surface area contributed by atoms with Gasteiger partial charge in [-0.3, -0.25) is 4.79 Å². The van der Waals surface area contributed by atoms with E-state index in [1.54, 1.807) is 0 Å². The first-order chi connectivity index (χ1) is 20.4. The fourth-order valence-electron chi connectivity index (χ4n) is 5.31. The van der Waals surface area contributed by atoms with E-state index >= 15 is 0 Å². The largest absolute Gasteiger partial charge is 0.465 e. The van der Waals surface area contributed by atoms with Gasteiger partial charge in [0.15, 0.2) is 0 Å². The molecule has 5 nitrogen and oxygen atoms in total. The van der Waals surface area contributed by atoms with Crippen LogP contribution in [0.2, 0.25) is 0 Å². The summed E-state index contributed by atoms with van der Waals surface area (Å²) in [7, 11) is -2.85. The number of carbonyl (C=O) groups excluding carboxylic acids is 1. The van der Waals surface area contributed by atoms with Crippen LogP contribution in [0.5, 0.6) is 5.75 Å². The average molecular weight is 631 g/mol. The van der Waals surface area contributed by atoms with Crippen molar-refractivity contribution < 1.29 is 32.6 Å². The molecule has 0 aliphatic carbocycles. The van der Waals surface area contributed by atoms with E-state index in [0.29, 0.717) is 23.5 Å². The highest BCUT2D eigenvalue weighted by Gasteiger charge is 2.33. The van der Waals surface area contributed by atoms with Gasteiger partial charge in [-0.1, -0.05) is 166 Å². The van der Waals surface area contributed by atoms with Crippen LogP contribution in [0.4, 0.5) is 9.05 Å². The van der Waals surface area contributed by atoms with E-state index in [-0.39, 0.29) is 5.97 Å². The molecule has 0 aliphatic rings. The second-order valence-electron chi connectivity index (χ2n) is 14.1. The summed E-state index contributed by atoms with van der Waals surface area (Å²) in [6, 6.07) is 3.71. The van der Waals surface area contributed by atoms with E-state index in [0.717, 1.165) is 18.4 Å². The Morgan fingerprint density at radius 2 is 1.07 bits per heavy atom. The van der Waals surface area contributed by atoms with Gasteiger partial charge in [0.2, 0.25) is 0 Å². The van der Waals surface area contributed by atoms with Crippen molar-refractivity contribution in [2.24, 2.45) is 0 Å². The summed E-state index contributed by atoms with van der Waals surface area (Å²) in [5.41, 5.74) is 1.28. The number of halogens is 2. The highest BCUT2D eigenvalue weighted by Crippen LogP contribution is 2.49. The first-order valence-corrected chi connectivity index (χ1v) is 17.9. The number of ether oxygens (including phenoxy) is 1. The van der Waals surface area contributed by atoms with E-state index in [2.05, 4.69) is 16.4 Å². The van der Waals surface area contributed by atoms with Crippen molar-refractivity contribution in [2.45, 2.75) is 175 Å². The van der Waals surface area contributed by atoms with E-state index in [4.69, 9.17) is 9.26 Å². The van der Waals surface area contributed by atoms with Crippen LogP contribution >= 0.6 is 8.60 Å². The lowest BCUT2D eigenvalue weighted by molar-refractivity contribution is -0.145. The molecule has 1 aromatic carbocycles. The molecule has 0 saturated carbocycles. The third-order valence-corrected chi connectivity index (χ3v) is 8.66. The zero-order valence-corrected chi connectivity index (χ0v) is 29.4. The predicted molar refractivity (Wildman–Crippen MR) is 175 cm³/mol. The van der Waals surface area contributed by atoms with Crippen molar-refractivity contribution in [3.05, 3.63) is 28.8 Å². The number of carbonyl (C=O) groups is 1. The molecule has 43 heavy (non-hydrogen) atoms. The Morgan fingerprint density at radius 3 is 1.42 bits per heavy atom. The van der Waals surface area contributed by atoms with Gasteiger partial charge in [0.1, 0.15) is 5.75 Å². The molecule has 0 saturated heterocycles. The van der Waals surface area contributed by atoms with Gasteiger partial charge < -0.3 is 9.26 Å². The molecule has 1 atom stereocenters. The molecule has 0 bridgehead atoms. The van der Waals surface area contributed by atoms with E-state index in [1.165, 1.54) is 89.9 Å². The maximum Gasteiger partial charge on any atom is 0.465 e. The smallest absolute Gasteiger partial charge is 0.465 e. The number of rotatable bonds is 23. The van der Waals surface area contributed by atoms with Crippen LogP contribution in [0, 0.1) is 0 Å².